The van der Waals surface area contributed by atoms with Crippen LogP contribution in [0.4, 0.5) is 0 Å². The zero-order valence-corrected chi connectivity index (χ0v) is 9.09. The lowest BCUT2D eigenvalue weighted by Crippen LogP contribution is -1.77. The van der Waals surface area contributed by atoms with Crippen molar-refractivity contribution in [1.29, 1.82) is 0 Å². The van der Waals surface area contributed by atoms with E-state index in [1.807, 2.05) is 0 Å². The van der Waals surface area contributed by atoms with Crippen LogP contribution in [0.2, 0.25) is 0 Å². The molecule has 0 saturated carbocycles. The van der Waals surface area contributed by atoms with E-state index in [0.717, 1.165) is 5.01 Å². The second kappa shape index (κ2) is 4.04. The quantitative estimate of drug-likeness (QED) is 0.627. The maximum atomic E-state index is 9.31. The molecule has 4 nitrogen and oxygen atoms in total. The van der Waals surface area contributed by atoms with E-state index in [2.05, 4.69) is 10.2 Å². The number of aromatic nitrogens is 2. The van der Waals surface area contributed by atoms with Gasteiger partial charge in [0, 0.05) is 5.56 Å². The largest absolute Gasteiger partial charge is 0.504 e. The number of rotatable bonds is 2. The summed E-state index contributed by atoms with van der Waals surface area (Å²) >= 11 is 6.96. The van der Waals surface area contributed by atoms with Crippen LogP contribution in [0.15, 0.2) is 18.2 Å². The Morgan fingerprint density at radius 1 is 1.20 bits per heavy atom. The number of benzene rings is 1. The summed E-state index contributed by atoms with van der Waals surface area (Å²) in [4.78, 5) is 0. The van der Waals surface area contributed by atoms with E-state index in [0.29, 0.717) is 16.5 Å². The van der Waals surface area contributed by atoms with Gasteiger partial charge in [0.05, 0.1) is 5.88 Å². The van der Waals surface area contributed by atoms with Gasteiger partial charge in [-0.2, -0.15) is 0 Å². The van der Waals surface area contributed by atoms with E-state index in [1.54, 1.807) is 6.07 Å². The minimum absolute atomic E-state index is 0.152. The highest BCUT2D eigenvalue weighted by Gasteiger charge is 2.08. The van der Waals surface area contributed by atoms with Crippen LogP contribution in [0, 0.1) is 0 Å². The van der Waals surface area contributed by atoms with Crippen LogP contribution in [0.1, 0.15) is 5.01 Å². The summed E-state index contributed by atoms with van der Waals surface area (Å²) < 4.78 is 0. The van der Waals surface area contributed by atoms with Crippen molar-refractivity contribution in [2.45, 2.75) is 5.88 Å². The highest BCUT2D eigenvalue weighted by molar-refractivity contribution is 7.14. The van der Waals surface area contributed by atoms with Crippen LogP contribution in [-0.4, -0.2) is 20.4 Å². The molecule has 0 saturated heterocycles. The summed E-state index contributed by atoms with van der Waals surface area (Å²) in [6, 6.07) is 4.51. The van der Waals surface area contributed by atoms with Crippen molar-refractivity contribution in [2.75, 3.05) is 0 Å². The lowest BCUT2D eigenvalue weighted by Gasteiger charge is -1.98. The van der Waals surface area contributed by atoms with E-state index in [-0.39, 0.29) is 11.5 Å². The van der Waals surface area contributed by atoms with Crippen LogP contribution in [0.5, 0.6) is 11.5 Å². The van der Waals surface area contributed by atoms with Crippen molar-refractivity contribution in [3.8, 4) is 22.1 Å². The summed E-state index contributed by atoms with van der Waals surface area (Å²) in [5.41, 5.74) is 0.708. The number of halogens is 1. The Hall–Kier alpha value is -1.33. The molecule has 0 aliphatic rings. The summed E-state index contributed by atoms with van der Waals surface area (Å²) in [5, 5.41) is 27.6. The number of phenolic OH excluding ortho intramolecular Hbond substituents is 2. The Labute approximate surface area is 94.8 Å². The minimum Gasteiger partial charge on any atom is -0.504 e. The van der Waals surface area contributed by atoms with Gasteiger partial charge in [0.2, 0.25) is 0 Å². The molecule has 0 spiro atoms. The van der Waals surface area contributed by atoms with Gasteiger partial charge in [0.1, 0.15) is 10.0 Å². The first kappa shape index (κ1) is 10.2. The third-order valence-corrected chi connectivity index (χ3v) is 3.19. The van der Waals surface area contributed by atoms with Gasteiger partial charge in [-0.15, -0.1) is 21.8 Å². The maximum Gasteiger partial charge on any atom is 0.158 e. The van der Waals surface area contributed by atoms with Gasteiger partial charge < -0.3 is 10.2 Å². The van der Waals surface area contributed by atoms with Crippen molar-refractivity contribution in [1.82, 2.24) is 10.2 Å². The molecule has 0 aliphatic carbocycles. The molecule has 2 rings (SSSR count). The fourth-order valence-corrected chi connectivity index (χ4v) is 1.98. The minimum atomic E-state index is -0.171. The maximum absolute atomic E-state index is 9.31. The Bertz CT molecular complexity index is 487. The van der Waals surface area contributed by atoms with Crippen LogP contribution < -0.4 is 0 Å². The number of nitrogens with zero attached hydrogens (tertiary/aromatic N) is 2. The summed E-state index contributed by atoms with van der Waals surface area (Å²) in [7, 11) is 0. The van der Waals surface area contributed by atoms with Gasteiger partial charge in [0.25, 0.3) is 0 Å². The fourth-order valence-electron chi connectivity index (χ4n) is 1.08. The lowest BCUT2D eigenvalue weighted by molar-refractivity contribution is 0.404. The number of alkyl halides is 1. The van der Waals surface area contributed by atoms with Gasteiger partial charge in [-0.05, 0) is 18.2 Å². The number of phenols is 2. The molecular weight excluding hydrogens is 236 g/mol. The molecule has 0 radical (unpaired) electrons. The van der Waals surface area contributed by atoms with E-state index >= 15 is 0 Å². The first-order chi connectivity index (χ1) is 7.20. The van der Waals surface area contributed by atoms with Crippen LogP contribution in [0.3, 0.4) is 0 Å². The van der Waals surface area contributed by atoms with Crippen molar-refractivity contribution in [3.63, 3.8) is 0 Å². The topological polar surface area (TPSA) is 66.2 Å². The van der Waals surface area contributed by atoms with Gasteiger partial charge in [-0.1, -0.05) is 11.3 Å². The fraction of sp³-hybridized carbons (Fsp3) is 0.111. The summed E-state index contributed by atoms with van der Waals surface area (Å²) in [6.07, 6.45) is 0. The molecule has 0 amide bonds. The standard InChI is InChI=1S/C9H7ClN2O2S/c10-4-8-11-12-9(15-8)5-1-2-6(13)7(14)3-5/h1-3,13-14H,4H2. The first-order valence-electron chi connectivity index (χ1n) is 4.11. The molecule has 0 bridgehead atoms. The first-order valence-corrected chi connectivity index (χ1v) is 5.46. The summed E-state index contributed by atoms with van der Waals surface area (Å²) in [5.74, 6) is -0.00203. The van der Waals surface area contributed by atoms with E-state index in [1.165, 1.54) is 23.5 Å². The van der Waals surface area contributed by atoms with Crippen molar-refractivity contribution in [3.05, 3.63) is 23.2 Å². The molecule has 0 fully saturated rings. The predicted molar refractivity (Wildman–Crippen MR) is 58.2 cm³/mol. The van der Waals surface area contributed by atoms with Crippen LogP contribution in [0.25, 0.3) is 10.6 Å². The third kappa shape index (κ3) is 2.03. The summed E-state index contributed by atoms with van der Waals surface area (Å²) in [6.45, 7) is 0. The molecule has 15 heavy (non-hydrogen) atoms. The molecular formula is C9H7ClN2O2S. The Balaban J connectivity index is 2.40. The average Bonchev–Trinajstić information content (AvgIpc) is 2.70. The van der Waals surface area contributed by atoms with E-state index in [9.17, 15) is 5.11 Å². The molecule has 0 unspecified atom stereocenters. The Kier molecular flexibility index (Phi) is 2.75. The molecule has 1 heterocycles. The van der Waals surface area contributed by atoms with Gasteiger partial charge in [-0.25, -0.2) is 0 Å². The van der Waals surface area contributed by atoms with Crippen LogP contribution in [-0.2, 0) is 5.88 Å². The zero-order chi connectivity index (χ0) is 10.8. The van der Waals surface area contributed by atoms with E-state index < -0.39 is 0 Å². The number of aromatic hydroxyl groups is 2. The van der Waals surface area contributed by atoms with Gasteiger partial charge >= 0.3 is 0 Å². The highest BCUT2D eigenvalue weighted by atomic mass is 35.5. The van der Waals surface area contributed by atoms with Crippen molar-refractivity contribution < 1.29 is 10.2 Å². The van der Waals surface area contributed by atoms with E-state index in [4.69, 9.17) is 16.7 Å². The van der Waals surface area contributed by atoms with Crippen molar-refractivity contribution in [2.24, 2.45) is 0 Å². The number of hydrogen-bond acceptors (Lipinski definition) is 5. The Morgan fingerprint density at radius 2 is 2.00 bits per heavy atom. The normalized spacial score (nSPS) is 10.5. The Morgan fingerprint density at radius 3 is 2.60 bits per heavy atom. The monoisotopic (exact) mass is 242 g/mol. The molecule has 0 aliphatic heterocycles. The molecule has 2 N–H and O–H groups in total. The zero-order valence-electron chi connectivity index (χ0n) is 7.51. The predicted octanol–water partition coefficient (Wildman–Crippen LogP) is 2.36. The lowest BCUT2D eigenvalue weighted by atomic mass is 10.2. The highest BCUT2D eigenvalue weighted by Crippen LogP contribution is 2.31. The third-order valence-electron chi connectivity index (χ3n) is 1.80. The molecule has 0 atom stereocenters. The SMILES string of the molecule is Oc1ccc(-c2nnc(CCl)s2)cc1O. The second-order valence-corrected chi connectivity index (χ2v) is 4.17. The van der Waals surface area contributed by atoms with Gasteiger partial charge in [0.15, 0.2) is 11.5 Å². The average molecular weight is 243 g/mol. The molecule has 1 aromatic heterocycles. The number of hydrogen-bond donors (Lipinski definition) is 2. The molecule has 6 heteroatoms. The molecule has 2 aromatic rings. The molecule has 78 valence electrons. The second-order valence-electron chi connectivity index (χ2n) is 2.84. The smallest absolute Gasteiger partial charge is 0.158 e. The van der Waals surface area contributed by atoms with Gasteiger partial charge in [-0.3, -0.25) is 0 Å². The van der Waals surface area contributed by atoms with Crippen LogP contribution >= 0.6 is 22.9 Å². The molecule has 1 aromatic carbocycles. The van der Waals surface area contributed by atoms with Crippen molar-refractivity contribution >= 4 is 22.9 Å².